The van der Waals surface area contributed by atoms with E-state index in [1.807, 2.05) is 0 Å². The molecule has 2 saturated carbocycles. The highest BCUT2D eigenvalue weighted by Gasteiger charge is 2.32. The van der Waals surface area contributed by atoms with E-state index in [4.69, 9.17) is 5.73 Å². The molecule has 0 heterocycles. The van der Waals surface area contributed by atoms with Gasteiger partial charge in [-0.2, -0.15) is 0 Å². The molecule has 2 fully saturated rings. The average Bonchev–Trinajstić information content (AvgIpc) is 2.39. The third-order valence-corrected chi connectivity index (χ3v) is 4.94. The van der Waals surface area contributed by atoms with E-state index < -0.39 is 0 Å². The summed E-state index contributed by atoms with van der Waals surface area (Å²) >= 11 is 0. The molecule has 2 heteroatoms. The van der Waals surface area contributed by atoms with E-state index in [1.165, 1.54) is 19.3 Å². The standard InChI is InChI=1S/C15H27NO/c1-2-11-4-3-5-13(10-11)15(17)12-6-8-14(16)9-7-12/h11-14H,2-10,16H2,1H3. The minimum absolute atomic E-state index is 0.343. The molecule has 0 aromatic rings. The van der Waals surface area contributed by atoms with Gasteiger partial charge in [-0.05, 0) is 44.4 Å². The van der Waals surface area contributed by atoms with Gasteiger partial charge >= 0.3 is 0 Å². The third kappa shape index (κ3) is 3.31. The molecule has 0 aliphatic heterocycles. The molecule has 0 aromatic carbocycles. The Morgan fingerprint density at radius 1 is 1.06 bits per heavy atom. The van der Waals surface area contributed by atoms with E-state index in [2.05, 4.69) is 6.92 Å². The van der Waals surface area contributed by atoms with Crippen LogP contribution in [0.25, 0.3) is 0 Å². The summed E-state index contributed by atoms with van der Waals surface area (Å²) in [6.07, 6.45) is 10.4. The van der Waals surface area contributed by atoms with Crippen LogP contribution in [0, 0.1) is 17.8 Å². The fraction of sp³-hybridized carbons (Fsp3) is 0.933. The Labute approximate surface area is 105 Å². The van der Waals surface area contributed by atoms with Crippen LogP contribution in [-0.4, -0.2) is 11.8 Å². The molecule has 2 unspecified atom stereocenters. The van der Waals surface area contributed by atoms with Gasteiger partial charge in [-0.1, -0.05) is 26.2 Å². The second-order valence-electron chi connectivity index (χ2n) is 6.15. The first-order chi connectivity index (χ1) is 8.20. The zero-order valence-corrected chi connectivity index (χ0v) is 11.2. The zero-order valence-electron chi connectivity index (χ0n) is 11.2. The molecule has 0 amide bonds. The van der Waals surface area contributed by atoms with E-state index in [0.29, 0.717) is 23.7 Å². The molecule has 2 rings (SSSR count). The number of hydrogen-bond acceptors (Lipinski definition) is 2. The van der Waals surface area contributed by atoms with Crippen LogP contribution >= 0.6 is 0 Å². The largest absolute Gasteiger partial charge is 0.328 e. The van der Waals surface area contributed by atoms with E-state index in [9.17, 15) is 4.79 Å². The van der Waals surface area contributed by atoms with Crippen LogP contribution in [0.5, 0.6) is 0 Å². The van der Waals surface area contributed by atoms with E-state index >= 15 is 0 Å². The molecule has 2 N–H and O–H groups in total. The van der Waals surface area contributed by atoms with Crippen molar-refractivity contribution >= 4 is 5.78 Å². The van der Waals surface area contributed by atoms with Crippen molar-refractivity contribution < 1.29 is 4.79 Å². The molecule has 2 aliphatic rings. The number of Topliss-reactive ketones (excluding diaryl/α,β-unsaturated/α-hetero) is 1. The summed E-state index contributed by atoms with van der Waals surface area (Å²) < 4.78 is 0. The van der Waals surface area contributed by atoms with Gasteiger partial charge in [-0.3, -0.25) is 4.79 Å². The van der Waals surface area contributed by atoms with Crippen LogP contribution in [0.4, 0.5) is 0 Å². The van der Waals surface area contributed by atoms with Crippen LogP contribution in [0.2, 0.25) is 0 Å². The topological polar surface area (TPSA) is 43.1 Å². The van der Waals surface area contributed by atoms with Gasteiger partial charge in [0.15, 0.2) is 0 Å². The zero-order chi connectivity index (χ0) is 12.3. The Balaban J connectivity index is 1.86. The van der Waals surface area contributed by atoms with Gasteiger partial charge in [0.25, 0.3) is 0 Å². The Bertz CT molecular complexity index is 256. The summed E-state index contributed by atoms with van der Waals surface area (Å²) in [5, 5.41) is 0. The van der Waals surface area contributed by atoms with Crippen molar-refractivity contribution in [1.29, 1.82) is 0 Å². The monoisotopic (exact) mass is 237 g/mol. The van der Waals surface area contributed by atoms with E-state index in [-0.39, 0.29) is 0 Å². The minimum atomic E-state index is 0.343. The molecule has 2 nitrogen and oxygen atoms in total. The predicted molar refractivity (Wildman–Crippen MR) is 70.7 cm³/mol. The van der Waals surface area contributed by atoms with Gasteiger partial charge in [0.2, 0.25) is 0 Å². The van der Waals surface area contributed by atoms with Gasteiger partial charge in [-0.15, -0.1) is 0 Å². The smallest absolute Gasteiger partial charge is 0.139 e. The minimum Gasteiger partial charge on any atom is -0.328 e. The number of carbonyl (C=O) groups is 1. The molecule has 0 aromatic heterocycles. The first kappa shape index (κ1) is 13.1. The number of rotatable bonds is 3. The van der Waals surface area contributed by atoms with Gasteiger partial charge in [0.05, 0.1) is 0 Å². The maximum absolute atomic E-state index is 12.5. The van der Waals surface area contributed by atoms with Crippen molar-refractivity contribution in [3.8, 4) is 0 Å². The quantitative estimate of drug-likeness (QED) is 0.818. The van der Waals surface area contributed by atoms with Crippen molar-refractivity contribution in [3.63, 3.8) is 0 Å². The molecule has 0 radical (unpaired) electrons. The highest BCUT2D eigenvalue weighted by Crippen LogP contribution is 2.35. The molecule has 0 saturated heterocycles. The summed E-state index contributed by atoms with van der Waals surface area (Å²) in [6.45, 7) is 2.26. The van der Waals surface area contributed by atoms with Crippen LogP contribution in [0.1, 0.15) is 64.7 Å². The van der Waals surface area contributed by atoms with E-state index in [1.54, 1.807) is 0 Å². The van der Waals surface area contributed by atoms with Crippen molar-refractivity contribution in [2.24, 2.45) is 23.5 Å². The summed E-state index contributed by atoms with van der Waals surface area (Å²) in [7, 11) is 0. The lowest BCUT2D eigenvalue weighted by atomic mass is 9.72. The third-order valence-electron chi connectivity index (χ3n) is 4.94. The maximum atomic E-state index is 12.5. The lowest BCUT2D eigenvalue weighted by molar-refractivity contribution is -0.129. The van der Waals surface area contributed by atoms with E-state index in [0.717, 1.165) is 44.4 Å². The fourth-order valence-electron chi connectivity index (χ4n) is 3.66. The second kappa shape index (κ2) is 5.99. The van der Waals surface area contributed by atoms with Crippen molar-refractivity contribution in [2.45, 2.75) is 70.8 Å². The summed E-state index contributed by atoms with van der Waals surface area (Å²) in [6, 6.07) is 0.355. The molecular formula is C15H27NO. The van der Waals surface area contributed by atoms with Crippen molar-refractivity contribution in [1.82, 2.24) is 0 Å². The highest BCUT2D eigenvalue weighted by atomic mass is 16.1. The first-order valence-corrected chi connectivity index (χ1v) is 7.50. The second-order valence-corrected chi connectivity index (χ2v) is 6.15. The number of hydrogen-bond donors (Lipinski definition) is 1. The van der Waals surface area contributed by atoms with Gasteiger partial charge in [-0.25, -0.2) is 0 Å². The fourth-order valence-corrected chi connectivity index (χ4v) is 3.66. The average molecular weight is 237 g/mol. The van der Waals surface area contributed by atoms with Crippen molar-refractivity contribution in [2.75, 3.05) is 0 Å². The molecule has 98 valence electrons. The highest BCUT2D eigenvalue weighted by molar-refractivity contribution is 5.83. The molecule has 2 atom stereocenters. The number of nitrogens with two attached hydrogens (primary N) is 1. The number of carbonyl (C=O) groups excluding carboxylic acids is 1. The molecular weight excluding hydrogens is 210 g/mol. The lowest BCUT2D eigenvalue weighted by Crippen LogP contribution is -2.34. The van der Waals surface area contributed by atoms with Gasteiger partial charge < -0.3 is 5.73 Å². The van der Waals surface area contributed by atoms with Crippen LogP contribution in [-0.2, 0) is 4.79 Å². The Hall–Kier alpha value is -0.370. The first-order valence-electron chi connectivity index (χ1n) is 7.50. The molecule has 2 aliphatic carbocycles. The van der Waals surface area contributed by atoms with Crippen molar-refractivity contribution in [3.05, 3.63) is 0 Å². The van der Waals surface area contributed by atoms with Crippen LogP contribution in [0.15, 0.2) is 0 Å². The Morgan fingerprint density at radius 2 is 1.76 bits per heavy atom. The van der Waals surface area contributed by atoms with Gasteiger partial charge in [0, 0.05) is 17.9 Å². The van der Waals surface area contributed by atoms with Crippen LogP contribution in [0.3, 0.4) is 0 Å². The summed E-state index contributed by atoms with van der Waals surface area (Å²) in [4.78, 5) is 12.5. The SMILES string of the molecule is CCC1CCCC(C(=O)C2CCC(N)CC2)C1. The lowest BCUT2D eigenvalue weighted by Gasteiger charge is -2.32. The van der Waals surface area contributed by atoms with Gasteiger partial charge in [0.1, 0.15) is 5.78 Å². The maximum Gasteiger partial charge on any atom is 0.139 e. The summed E-state index contributed by atoms with van der Waals surface area (Å²) in [5.74, 6) is 2.11. The predicted octanol–water partition coefficient (Wildman–Crippen LogP) is 3.29. The Kier molecular flexibility index (Phi) is 4.61. The number of ketones is 1. The molecule has 0 bridgehead atoms. The normalized spacial score (nSPS) is 38.9. The Morgan fingerprint density at radius 3 is 2.41 bits per heavy atom. The molecule has 0 spiro atoms. The van der Waals surface area contributed by atoms with Crippen LogP contribution < -0.4 is 5.73 Å². The summed E-state index contributed by atoms with van der Waals surface area (Å²) in [5.41, 5.74) is 5.91. The molecule has 17 heavy (non-hydrogen) atoms.